The molecule has 26 heavy (non-hydrogen) atoms. The molecule has 6 nitrogen and oxygen atoms in total. The molecular formula is C18H24ClN3O3S. The Morgan fingerprint density at radius 2 is 1.73 bits per heavy atom. The van der Waals surface area contributed by atoms with Gasteiger partial charge in [0, 0.05) is 48.9 Å². The Morgan fingerprint density at radius 1 is 1.12 bits per heavy atom. The van der Waals surface area contributed by atoms with Crippen LogP contribution < -0.4 is 9.47 Å². The number of aryl methyl sites for hydroxylation is 1. The molecule has 0 atom stereocenters. The minimum absolute atomic E-state index is 0. The fourth-order valence-electron chi connectivity index (χ4n) is 2.89. The molecule has 1 aromatic heterocycles. The third kappa shape index (κ3) is 4.87. The van der Waals surface area contributed by atoms with E-state index >= 15 is 0 Å². The summed E-state index contributed by atoms with van der Waals surface area (Å²) in [5, 5.41) is 3.21. The molecule has 1 fully saturated rings. The van der Waals surface area contributed by atoms with Gasteiger partial charge in [0.1, 0.15) is 16.5 Å². The van der Waals surface area contributed by atoms with E-state index in [-0.39, 0.29) is 18.3 Å². The van der Waals surface area contributed by atoms with Crippen LogP contribution in [0.2, 0.25) is 0 Å². The number of aromatic nitrogens is 1. The van der Waals surface area contributed by atoms with E-state index in [4.69, 9.17) is 9.47 Å². The zero-order chi connectivity index (χ0) is 17.8. The lowest BCUT2D eigenvalue weighted by Crippen LogP contribution is -2.48. The van der Waals surface area contributed by atoms with Gasteiger partial charge < -0.3 is 14.4 Å². The summed E-state index contributed by atoms with van der Waals surface area (Å²) >= 11 is 1.69. The van der Waals surface area contributed by atoms with E-state index in [1.807, 2.05) is 11.8 Å². The first kappa shape index (κ1) is 20.5. The number of carbonyl (C=O) groups excluding carboxylic acids is 1. The Hall–Kier alpha value is -1.83. The number of ether oxygens (including phenoxy) is 2. The van der Waals surface area contributed by atoms with Gasteiger partial charge in [-0.05, 0) is 19.1 Å². The first-order valence-corrected chi connectivity index (χ1v) is 9.12. The second kappa shape index (κ2) is 9.21. The smallest absolute Gasteiger partial charge is 0.254 e. The van der Waals surface area contributed by atoms with Crippen molar-refractivity contribution in [2.45, 2.75) is 13.5 Å². The van der Waals surface area contributed by atoms with Gasteiger partial charge >= 0.3 is 0 Å². The molecule has 0 radical (unpaired) electrons. The molecule has 0 spiro atoms. The minimum Gasteiger partial charge on any atom is -0.497 e. The van der Waals surface area contributed by atoms with E-state index in [0.717, 1.165) is 30.3 Å². The van der Waals surface area contributed by atoms with Crippen LogP contribution in [-0.2, 0) is 6.54 Å². The van der Waals surface area contributed by atoms with Crippen LogP contribution in [0.25, 0.3) is 0 Å². The predicted octanol–water partition coefficient (Wildman–Crippen LogP) is 2.85. The van der Waals surface area contributed by atoms with Gasteiger partial charge in [0.25, 0.3) is 5.91 Å². The van der Waals surface area contributed by atoms with Gasteiger partial charge in [-0.25, -0.2) is 4.98 Å². The van der Waals surface area contributed by atoms with Gasteiger partial charge in [0.2, 0.25) is 0 Å². The summed E-state index contributed by atoms with van der Waals surface area (Å²) < 4.78 is 10.5. The zero-order valence-corrected chi connectivity index (χ0v) is 16.9. The molecule has 1 amide bonds. The molecule has 1 saturated heterocycles. The maximum absolute atomic E-state index is 12.8. The van der Waals surface area contributed by atoms with Gasteiger partial charge in [-0.15, -0.1) is 23.7 Å². The summed E-state index contributed by atoms with van der Waals surface area (Å²) in [5.74, 6) is 1.27. The molecule has 2 aromatic rings. The monoisotopic (exact) mass is 397 g/mol. The van der Waals surface area contributed by atoms with E-state index in [0.29, 0.717) is 30.2 Å². The SMILES string of the molecule is COc1cc(OC)cc(C(=O)N2CCN(Cc3nc(C)cs3)CC2)c1.Cl. The highest BCUT2D eigenvalue weighted by atomic mass is 35.5. The van der Waals surface area contributed by atoms with Gasteiger partial charge in [0.05, 0.1) is 20.8 Å². The highest BCUT2D eigenvalue weighted by molar-refractivity contribution is 7.09. The number of amides is 1. The van der Waals surface area contributed by atoms with E-state index in [9.17, 15) is 4.79 Å². The first-order valence-electron chi connectivity index (χ1n) is 8.24. The van der Waals surface area contributed by atoms with Crippen molar-refractivity contribution >= 4 is 29.7 Å². The maximum atomic E-state index is 12.8. The Bertz CT molecular complexity index is 723. The number of halogens is 1. The van der Waals surface area contributed by atoms with E-state index in [2.05, 4.69) is 15.3 Å². The highest BCUT2D eigenvalue weighted by Crippen LogP contribution is 2.24. The summed E-state index contributed by atoms with van der Waals surface area (Å²) in [7, 11) is 3.17. The number of hydrogen-bond acceptors (Lipinski definition) is 6. The van der Waals surface area contributed by atoms with E-state index in [1.54, 1.807) is 43.8 Å². The molecule has 0 aliphatic carbocycles. The second-order valence-corrected chi connectivity index (χ2v) is 6.99. The van der Waals surface area contributed by atoms with Crippen molar-refractivity contribution in [3.05, 3.63) is 39.8 Å². The summed E-state index contributed by atoms with van der Waals surface area (Å²) in [6, 6.07) is 5.29. The molecule has 8 heteroatoms. The van der Waals surface area contributed by atoms with Crippen LogP contribution >= 0.6 is 23.7 Å². The van der Waals surface area contributed by atoms with Crippen molar-refractivity contribution in [2.75, 3.05) is 40.4 Å². The number of methoxy groups -OCH3 is 2. The maximum Gasteiger partial charge on any atom is 0.254 e. The van der Waals surface area contributed by atoms with Gasteiger partial charge in [-0.3, -0.25) is 9.69 Å². The van der Waals surface area contributed by atoms with Crippen LogP contribution in [0.5, 0.6) is 11.5 Å². The molecule has 0 unspecified atom stereocenters. The summed E-state index contributed by atoms with van der Waals surface area (Å²) in [6.07, 6.45) is 0. The van der Waals surface area contributed by atoms with Crippen LogP contribution in [0.3, 0.4) is 0 Å². The van der Waals surface area contributed by atoms with Crippen molar-refractivity contribution in [1.29, 1.82) is 0 Å². The van der Waals surface area contributed by atoms with Crippen LogP contribution in [-0.4, -0.2) is 61.1 Å². The number of rotatable bonds is 5. The lowest BCUT2D eigenvalue weighted by molar-refractivity contribution is 0.0627. The van der Waals surface area contributed by atoms with Crippen LogP contribution in [0.4, 0.5) is 0 Å². The number of carbonyl (C=O) groups is 1. The van der Waals surface area contributed by atoms with Crippen LogP contribution in [0.15, 0.2) is 23.6 Å². The topological polar surface area (TPSA) is 54.9 Å². The average molecular weight is 398 g/mol. The quantitative estimate of drug-likeness (QED) is 0.776. The van der Waals surface area contributed by atoms with Gasteiger partial charge in [-0.2, -0.15) is 0 Å². The molecule has 0 saturated carbocycles. The Balaban J connectivity index is 0.00000243. The van der Waals surface area contributed by atoms with Gasteiger partial charge in [-0.1, -0.05) is 0 Å². The minimum atomic E-state index is 0. The Morgan fingerprint density at radius 3 is 2.23 bits per heavy atom. The number of piperazine rings is 1. The van der Waals surface area contributed by atoms with Crippen molar-refractivity contribution in [3.63, 3.8) is 0 Å². The summed E-state index contributed by atoms with van der Waals surface area (Å²) in [4.78, 5) is 21.5. The lowest BCUT2D eigenvalue weighted by atomic mass is 10.1. The molecule has 2 heterocycles. The molecule has 1 aliphatic rings. The lowest BCUT2D eigenvalue weighted by Gasteiger charge is -2.34. The normalized spacial score (nSPS) is 14.7. The van der Waals surface area contributed by atoms with Crippen LogP contribution in [0.1, 0.15) is 21.1 Å². The third-order valence-electron chi connectivity index (χ3n) is 4.28. The van der Waals surface area contributed by atoms with Crippen LogP contribution in [0, 0.1) is 6.92 Å². The molecule has 0 bridgehead atoms. The average Bonchev–Trinajstić information content (AvgIpc) is 3.06. The first-order chi connectivity index (χ1) is 12.1. The molecule has 1 aliphatic heterocycles. The zero-order valence-electron chi connectivity index (χ0n) is 15.2. The van der Waals surface area contributed by atoms with Crippen molar-refractivity contribution in [3.8, 4) is 11.5 Å². The molecule has 1 aromatic carbocycles. The number of thiazole rings is 1. The van der Waals surface area contributed by atoms with Crippen molar-refractivity contribution < 1.29 is 14.3 Å². The van der Waals surface area contributed by atoms with Crippen molar-refractivity contribution in [2.24, 2.45) is 0 Å². The summed E-state index contributed by atoms with van der Waals surface area (Å²) in [5.41, 5.74) is 1.67. The molecule has 0 N–H and O–H groups in total. The van der Waals surface area contributed by atoms with E-state index in [1.165, 1.54) is 0 Å². The largest absolute Gasteiger partial charge is 0.497 e. The second-order valence-electron chi connectivity index (χ2n) is 6.05. The number of benzene rings is 1. The number of hydrogen-bond donors (Lipinski definition) is 0. The molecule has 3 rings (SSSR count). The standard InChI is InChI=1S/C18H23N3O3S.ClH/c1-13-12-25-17(19-13)11-20-4-6-21(7-5-20)18(22)14-8-15(23-2)10-16(9-14)24-3;/h8-10,12H,4-7,11H2,1-3H3;1H. The predicted molar refractivity (Wildman–Crippen MR) is 105 cm³/mol. The fraction of sp³-hybridized carbons (Fsp3) is 0.444. The fourth-order valence-corrected chi connectivity index (χ4v) is 3.70. The number of nitrogens with zero attached hydrogens (tertiary/aromatic N) is 3. The Labute approximate surface area is 164 Å². The highest BCUT2D eigenvalue weighted by Gasteiger charge is 2.23. The van der Waals surface area contributed by atoms with E-state index < -0.39 is 0 Å². The summed E-state index contributed by atoms with van der Waals surface area (Å²) in [6.45, 7) is 5.99. The third-order valence-corrected chi connectivity index (χ3v) is 5.23. The molecule has 142 valence electrons. The van der Waals surface area contributed by atoms with Gasteiger partial charge in [0.15, 0.2) is 0 Å². The Kier molecular flexibility index (Phi) is 7.25. The van der Waals surface area contributed by atoms with Crippen molar-refractivity contribution in [1.82, 2.24) is 14.8 Å². The molecular weight excluding hydrogens is 374 g/mol.